The Balaban J connectivity index is 1.40. The number of aliphatic hydroxyl groups excluding tert-OH is 1. The van der Waals surface area contributed by atoms with E-state index in [0.717, 1.165) is 30.3 Å². The zero-order chi connectivity index (χ0) is 27.0. The summed E-state index contributed by atoms with van der Waals surface area (Å²) < 4.78 is 51.8. The lowest BCUT2D eigenvalue weighted by Gasteiger charge is -2.15. The molecule has 0 spiro atoms. The molecule has 0 radical (unpaired) electrons. The van der Waals surface area contributed by atoms with Crippen molar-refractivity contribution < 1.29 is 27.8 Å². The number of rotatable bonds is 8. The second kappa shape index (κ2) is 10.0. The normalized spacial score (nSPS) is 14.4. The number of imidazole rings is 1. The first kappa shape index (κ1) is 25.6. The van der Waals surface area contributed by atoms with E-state index in [9.17, 15) is 18.3 Å². The van der Waals surface area contributed by atoms with E-state index in [0.29, 0.717) is 28.4 Å². The summed E-state index contributed by atoms with van der Waals surface area (Å²) in [5.41, 5.74) is 2.14. The number of hydrogen-bond donors (Lipinski definition) is 1. The Morgan fingerprint density at radius 2 is 1.82 bits per heavy atom. The summed E-state index contributed by atoms with van der Waals surface area (Å²) in [7, 11) is 3.03. The lowest BCUT2D eigenvalue weighted by Crippen LogP contribution is -2.07. The number of aromatic nitrogens is 6. The zero-order valence-electron chi connectivity index (χ0n) is 20.9. The second-order valence-electron chi connectivity index (χ2n) is 9.09. The van der Waals surface area contributed by atoms with Crippen LogP contribution in [-0.4, -0.2) is 41.7 Å². The highest BCUT2D eigenvalue weighted by Gasteiger charge is 2.34. The maximum Gasteiger partial charge on any atom is 0.434 e. The van der Waals surface area contributed by atoms with Gasteiger partial charge in [0.05, 0.1) is 24.5 Å². The fraction of sp³-hybridized carbons (Fsp3) is 0.346. The first-order valence-electron chi connectivity index (χ1n) is 11.9. The van der Waals surface area contributed by atoms with Gasteiger partial charge in [0.1, 0.15) is 24.3 Å². The molecule has 1 fully saturated rings. The minimum atomic E-state index is -4.52. The maximum atomic E-state index is 13.0. The van der Waals surface area contributed by atoms with Gasteiger partial charge in [0.15, 0.2) is 11.5 Å². The monoisotopic (exact) mass is 526 g/mol. The van der Waals surface area contributed by atoms with Crippen LogP contribution < -0.4 is 9.47 Å². The molecule has 12 heteroatoms. The minimum absolute atomic E-state index is 0.0999. The van der Waals surface area contributed by atoms with Gasteiger partial charge in [0.25, 0.3) is 0 Å². The molecule has 1 aromatic carbocycles. The fourth-order valence-electron chi connectivity index (χ4n) is 4.08. The van der Waals surface area contributed by atoms with Gasteiger partial charge in [-0.1, -0.05) is 24.3 Å². The summed E-state index contributed by atoms with van der Waals surface area (Å²) >= 11 is 0. The van der Waals surface area contributed by atoms with Crippen molar-refractivity contribution in [2.45, 2.75) is 44.6 Å². The van der Waals surface area contributed by atoms with Crippen molar-refractivity contribution in [3.8, 4) is 34.5 Å². The molecule has 38 heavy (non-hydrogen) atoms. The van der Waals surface area contributed by atoms with Crippen LogP contribution in [0.2, 0.25) is 0 Å². The molecule has 1 unspecified atom stereocenters. The van der Waals surface area contributed by atoms with Crippen molar-refractivity contribution in [3.05, 3.63) is 65.5 Å². The predicted molar refractivity (Wildman–Crippen MR) is 130 cm³/mol. The van der Waals surface area contributed by atoms with Crippen LogP contribution in [-0.2, 0) is 19.8 Å². The first-order chi connectivity index (χ1) is 18.2. The predicted octanol–water partition coefficient (Wildman–Crippen LogP) is 4.87. The molecular weight excluding hydrogens is 501 g/mol. The van der Waals surface area contributed by atoms with Crippen molar-refractivity contribution >= 4 is 0 Å². The van der Waals surface area contributed by atoms with Gasteiger partial charge in [-0.3, -0.25) is 0 Å². The van der Waals surface area contributed by atoms with Crippen LogP contribution in [0.5, 0.6) is 11.8 Å². The Hall–Kier alpha value is -4.06. The number of alkyl halides is 3. The molecule has 1 aliphatic rings. The summed E-state index contributed by atoms with van der Waals surface area (Å²) in [4.78, 5) is 21.4. The summed E-state index contributed by atoms with van der Waals surface area (Å²) in [6, 6.07) is 6.83. The van der Waals surface area contributed by atoms with Crippen molar-refractivity contribution in [1.29, 1.82) is 0 Å². The number of nitrogens with zero attached hydrogens (tertiary/aromatic N) is 6. The summed E-state index contributed by atoms with van der Waals surface area (Å²) in [5.74, 6) is 1.37. The van der Waals surface area contributed by atoms with Crippen molar-refractivity contribution in [1.82, 2.24) is 29.5 Å². The van der Waals surface area contributed by atoms with Gasteiger partial charge in [-0.05, 0) is 25.3 Å². The average Bonchev–Trinajstić information content (AvgIpc) is 3.67. The molecule has 5 rings (SSSR count). The van der Waals surface area contributed by atoms with E-state index in [1.807, 2.05) is 0 Å². The highest BCUT2D eigenvalue weighted by molar-refractivity contribution is 5.66. The molecule has 1 N–H and O–H groups in total. The average molecular weight is 527 g/mol. The smallest absolute Gasteiger partial charge is 0.434 e. The lowest BCUT2D eigenvalue weighted by atomic mass is 10.1. The lowest BCUT2D eigenvalue weighted by molar-refractivity contribution is -0.140. The number of ether oxygens (including phenoxy) is 2. The third-order valence-electron chi connectivity index (χ3n) is 6.21. The van der Waals surface area contributed by atoms with Crippen LogP contribution >= 0.6 is 0 Å². The van der Waals surface area contributed by atoms with Crippen molar-refractivity contribution in [2.24, 2.45) is 7.05 Å². The maximum absolute atomic E-state index is 13.0. The van der Waals surface area contributed by atoms with E-state index in [1.165, 1.54) is 31.2 Å². The van der Waals surface area contributed by atoms with Gasteiger partial charge in [0.2, 0.25) is 11.8 Å². The van der Waals surface area contributed by atoms with Crippen LogP contribution in [0.1, 0.15) is 54.3 Å². The first-order valence-corrected chi connectivity index (χ1v) is 11.9. The van der Waals surface area contributed by atoms with Crippen LogP contribution in [0.3, 0.4) is 0 Å². The zero-order valence-corrected chi connectivity index (χ0v) is 20.9. The van der Waals surface area contributed by atoms with Crippen LogP contribution in [0.15, 0.2) is 43.0 Å². The van der Waals surface area contributed by atoms with E-state index in [-0.39, 0.29) is 24.2 Å². The van der Waals surface area contributed by atoms with E-state index in [4.69, 9.17) is 9.47 Å². The van der Waals surface area contributed by atoms with Gasteiger partial charge >= 0.3 is 6.18 Å². The SMILES string of the molecule is COc1ncnc(C2CC2)c1-c1ncc(C(C)O)c(OCc2ccc(-c3nc(C(F)(F)F)cn3C)cc2)n1. The summed E-state index contributed by atoms with van der Waals surface area (Å²) in [6.07, 6.45) is 0.533. The molecule has 0 aliphatic heterocycles. The Kier molecular flexibility index (Phi) is 6.74. The number of benzene rings is 1. The molecule has 4 aromatic rings. The van der Waals surface area contributed by atoms with E-state index in [1.54, 1.807) is 31.2 Å². The molecule has 1 aliphatic carbocycles. The molecule has 0 bridgehead atoms. The number of hydrogen-bond acceptors (Lipinski definition) is 8. The molecule has 198 valence electrons. The van der Waals surface area contributed by atoms with Gasteiger partial charge in [0, 0.05) is 30.9 Å². The van der Waals surface area contributed by atoms with Gasteiger partial charge in [-0.25, -0.2) is 19.9 Å². The quantitative estimate of drug-likeness (QED) is 0.347. The van der Waals surface area contributed by atoms with Gasteiger partial charge in [-0.15, -0.1) is 0 Å². The third-order valence-corrected chi connectivity index (χ3v) is 6.21. The number of methoxy groups -OCH3 is 1. The number of aliphatic hydroxyl groups is 1. The Morgan fingerprint density at radius 3 is 2.42 bits per heavy atom. The second-order valence-corrected chi connectivity index (χ2v) is 9.09. The molecule has 1 atom stereocenters. The Morgan fingerprint density at radius 1 is 1.08 bits per heavy atom. The molecule has 1 saturated carbocycles. The topological polar surface area (TPSA) is 108 Å². The van der Waals surface area contributed by atoms with Crippen LogP contribution in [0.4, 0.5) is 13.2 Å². The Labute approximate surface area is 216 Å². The largest absolute Gasteiger partial charge is 0.480 e. The minimum Gasteiger partial charge on any atom is -0.480 e. The number of halogens is 3. The fourth-order valence-corrected chi connectivity index (χ4v) is 4.08. The molecular formula is C26H25F3N6O3. The molecule has 9 nitrogen and oxygen atoms in total. The standard InChI is InChI=1S/C26H25F3N6O3/c1-14(36)18-10-30-22(20-21(16-8-9-16)31-13-32-25(20)37-3)34-24(18)38-12-15-4-6-17(7-5-15)23-33-19(11-35(23)2)26(27,28)29/h4-7,10-11,13-14,16,36H,8-9,12H2,1-3H3. The van der Waals surface area contributed by atoms with Crippen molar-refractivity contribution in [2.75, 3.05) is 7.11 Å². The Bertz CT molecular complexity index is 1450. The third kappa shape index (κ3) is 5.17. The molecule has 0 amide bonds. The van der Waals surface area contributed by atoms with Gasteiger partial charge in [-0.2, -0.15) is 18.2 Å². The van der Waals surface area contributed by atoms with Gasteiger partial charge < -0.3 is 19.1 Å². The van der Waals surface area contributed by atoms with Crippen molar-refractivity contribution in [3.63, 3.8) is 0 Å². The molecule has 3 heterocycles. The highest BCUT2D eigenvalue weighted by atomic mass is 19.4. The summed E-state index contributed by atoms with van der Waals surface area (Å²) in [6.45, 7) is 1.69. The summed E-state index contributed by atoms with van der Waals surface area (Å²) in [5, 5.41) is 10.3. The molecule has 0 saturated heterocycles. The van der Waals surface area contributed by atoms with E-state index < -0.39 is 18.0 Å². The number of aryl methyl sites for hydroxylation is 1. The highest BCUT2D eigenvalue weighted by Crippen LogP contribution is 2.45. The van der Waals surface area contributed by atoms with Crippen LogP contribution in [0.25, 0.3) is 22.8 Å². The van der Waals surface area contributed by atoms with E-state index in [2.05, 4.69) is 24.9 Å². The molecule has 3 aromatic heterocycles. The van der Waals surface area contributed by atoms with E-state index >= 15 is 0 Å². The van der Waals surface area contributed by atoms with Crippen LogP contribution in [0, 0.1) is 0 Å².